The minimum absolute atomic E-state index is 0.0360. The molecule has 2 aliphatic rings. The summed E-state index contributed by atoms with van der Waals surface area (Å²) in [5.41, 5.74) is 2.07. The van der Waals surface area contributed by atoms with E-state index in [1.54, 1.807) is 4.90 Å². The fourth-order valence-electron chi connectivity index (χ4n) is 3.34. The van der Waals surface area contributed by atoms with E-state index in [-0.39, 0.29) is 12.0 Å². The van der Waals surface area contributed by atoms with Crippen LogP contribution in [0.3, 0.4) is 0 Å². The molecule has 0 spiro atoms. The van der Waals surface area contributed by atoms with Gasteiger partial charge in [0.2, 0.25) is 0 Å². The molecule has 2 aromatic carbocycles. The first-order valence-electron chi connectivity index (χ1n) is 9.64. The molecule has 0 bridgehead atoms. The second kappa shape index (κ2) is 10.8. The van der Waals surface area contributed by atoms with Crippen molar-refractivity contribution in [1.82, 2.24) is 4.90 Å². The average Bonchev–Trinajstić information content (AvgIpc) is 3.33. The van der Waals surface area contributed by atoms with Gasteiger partial charge >= 0.3 is 0 Å². The fourth-order valence-corrected chi connectivity index (χ4v) is 7.00. The van der Waals surface area contributed by atoms with E-state index < -0.39 is 0 Å². The lowest BCUT2D eigenvalue weighted by Crippen LogP contribution is -2.35. The van der Waals surface area contributed by atoms with Gasteiger partial charge in [0, 0.05) is 11.1 Å². The minimum Gasteiger partial charge on any atom is -0.487 e. The van der Waals surface area contributed by atoms with E-state index >= 15 is 0 Å². The summed E-state index contributed by atoms with van der Waals surface area (Å²) in [6, 6.07) is 12.2. The van der Waals surface area contributed by atoms with Gasteiger partial charge in [-0.05, 0) is 99.5 Å². The molecule has 2 saturated heterocycles. The zero-order valence-electron chi connectivity index (χ0n) is 16.3. The fraction of sp³-hybridized carbons (Fsp3) is 0.273. The Balaban J connectivity index is 1.47. The van der Waals surface area contributed by atoms with Gasteiger partial charge < -0.3 is 9.47 Å². The van der Waals surface area contributed by atoms with E-state index in [0.717, 1.165) is 47.9 Å². The maximum Gasteiger partial charge on any atom is 0.266 e. The van der Waals surface area contributed by atoms with Gasteiger partial charge in [-0.2, -0.15) is 0 Å². The van der Waals surface area contributed by atoms with Crippen LogP contribution in [0, 0.1) is 7.14 Å². The van der Waals surface area contributed by atoms with Gasteiger partial charge in [-0.25, -0.2) is 0 Å². The first kappa shape index (κ1) is 23.9. The number of rotatable bonds is 6. The molecule has 31 heavy (non-hydrogen) atoms. The van der Waals surface area contributed by atoms with E-state index in [0.29, 0.717) is 22.4 Å². The summed E-state index contributed by atoms with van der Waals surface area (Å²) < 4.78 is 15.4. The number of thiocarbonyl (C=S) groups is 1. The summed E-state index contributed by atoms with van der Waals surface area (Å²) in [6.45, 7) is 1.81. The van der Waals surface area contributed by atoms with Crippen molar-refractivity contribution in [1.29, 1.82) is 0 Å². The van der Waals surface area contributed by atoms with Crippen LogP contribution in [0.4, 0.5) is 0 Å². The highest BCUT2D eigenvalue weighted by Crippen LogP contribution is 2.36. The van der Waals surface area contributed by atoms with Gasteiger partial charge in [-0.3, -0.25) is 9.69 Å². The number of carbonyl (C=O) groups excluding carboxylic acids is 1. The van der Waals surface area contributed by atoms with E-state index in [1.165, 1.54) is 11.8 Å². The van der Waals surface area contributed by atoms with Crippen molar-refractivity contribution in [3.63, 3.8) is 0 Å². The Morgan fingerprint density at radius 1 is 1.26 bits per heavy atom. The zero-order valence-corrected chi connectivity index (χ0v) is 23.8. The highest BCUT2D eigenvalue weighted by Gasteiger charge is 2.34. The smallest absolute Gasteiger partial charge is 0.266 e. The molecule has 2 aliphatic heterocycles. The van der Waals surface area contributed by atoms with E-state index in [1.807, 2.05) is 42.5 Å². The second-order valence-corrected chi connectivity index (χ2v) is 12.1. The van der Waals surface area contributed by atoms with Crippen LogP contribution in [0.1, 0.15) is 24.0 Å². The normalized spacial score (nSPS) is 20.2. The van der Waals surface area contributed by atoms with Crippen LogP contribution in [-0.2, 0) is 16.1 Å². The van der Waals surface area contributed by atoms with E-state index in [9.17, 15) is 4.79 Å². The summed E-state index contributed by atoms with van der Waals surface area (Å²) in [6.07, 6.45) is 4.03. The van der Waals surface area contributed by atoms with Crippen LogP contribution in [0.15, 0.2) is 45.8 Å². The highest BCUT2D eigenvalue weighted by molar-refractivity contribution is 14.1. The molecule has 0 aliphatic carbocycles. The number of hydrogen-bond acceptors (Lipinski definition) is 5. The number of amides is 1. The number of nitrogens with zero attached hydrogens (tertiary/aromatic N) is 1. The van der Waals surface area contributed by atoms with Crippen LogP contribution in [0.2, 0.25) is 0 Å². The lowest BCUT2D eigenvalue weighted by molar-refractivity contribution is -0.123. The topological polar surface area (TPSA) is 38.8 Å². The Hall–Kier alpha value is -0.210. The lowest BCUT2D eigenvalue weighted by atomic mass is 10.2. The number of carbonyl (C=O) groups is 1. The number of thioether (sulfide) groups is 1. The predicted octanol–water partition coefficient (Wildman–Crippen LogP) is 6.62. The maximum absolute atomic E-state index is 12.9. The molecule has 0 N–H and O–H groups in total. The quantitative estimate of drug-likeness (QED) is 0.189. The molecule has 4 rings (SSSR count). The minimum atomic E-state index is -0.0360. The van der Waals surface area contributed by atoms with Gasteiger partial charge in [0.05, 0.1) is 24.7 Å². The van der Waals surface area contributed by atoms with Gasteiger partial charge in [-0.1, -0.05) is 52.0 Å². The van der Waals surface area contributed by atoms with Crippen LogP contribution in [-0.4, -0.2) is 34.4 Å². The summed E-state index contributed by atoms with van der Waals surface area (Å²) in [5, 5.41) is 0. The van der Waals surface area contributed by atoms with Crippen molar-refractivity contribution < 1.29 is 14.3 Å². The molecule has 4 nitrogen and oxygen atoms in total. The molecule has 0 radical (unpaired) electrons. The number of benzene rings is 2. The molecule has 0 aromatic heterocycles. The summed E-state index contributed by atoms with van der Waals surface area (Å²) >= 11 is 14.8. The van der Waals surface area contributed by atoms with Crippen LogP contribution in [0.25, 0.3) is 6.08 Å². The third-order valence-corrected chi connectivity index (χ3v) is 8.41. The Labute approximate surface area is 226 Å². The molecule has 0 unspecified atom stereocenters. The largest absolute Gasteiger partial charge is 0.487 e. The molecule has 1 atom stereocenters. The first-order chi connectivity index (χ1) is 14.9. The molecular weight excluding hydrogens is 724 g/mol. The maximum atomic E-state index is 12.9. The average molecular weight is 742 g/mol. The van der Waals surface area contributed by atoms with Crippen LogP contribution in [0.5, 0.6) is 5.75 Å². The van der Waals surface area contributed by atoms with Crippen molar-refractivity contribution in [2.75, 3.05) is 13.2 Å². The van der Waals surface area contributed by atoms with Crippen molar-refractivity contribution in [3.05, 3.63) is 64.0 Å². The monoisotopic (exact) mass is 741 g/mol. The molecule has 0 saturated carbocycles. The summed E-state index contributed by atoms with van der Waals surface area (Å²) in [5.74, 6) is 0.818. The molecule has 1 amide bonds. The SMILES string of the molecule is O=C1/C(=C/c2cc(I)c(OCc3ccc(Br)cc3)c(I)c2)SC(=S)N1C[C@@H]1CCCO1. The lowest BCUT2D eigenvalue weighted by Gasteiger charge is -2.18. The van der Waals surface area contributed by atoms with E-state index in [4.69, 9.17) is 21.7 Å². The van der Waals surface area contributed by atoms with Gasteiger partial charge in [-0.15, -0.1) is 0 Å². The Morgan fingerprint density at radius 3 is 2.61 bits per heavy atom. The summed E-state index contributed by atoms with van der Waals surface area (Å²) in [7, 11) is 0. The highest BCUT2D eigenvalue weighted by atomic mass is 127. The number of hydrogen-bond donors (Lipinski definition) is 0. The van der Waals surface area contributed by atoms with Gasteiger partial charge in [0.1, 0.15) is 16.7 Å². The molecule has 2 aromatic rings. The van der Waals surface area contributed by atoms with Crippen molar-refractivity contribution in [3.8, 4) is 5.75 Å². The van der Waals surface area contributed by atoms with Gasteiger partial charge in [0.25, 0.3) is 5.91 Å². The molecule has 2 fully saturated rings. The number of halogens is 3. The van der Waals surface area contributed by atoms with Crippen molar-refractivity contribution in [2.45, 2.75) is 25.6 Å². The predicted molar refractivity (Wildman–Crippen MR) is 149 cm³/mol. The summed E-state index contributed by atoms with van der Waals surface area (Å²) in [4.78, 5) is 15.2. The Bertz CT molecular complexity index is 1020. The Kier molecular flexibility index (Phi) is 8.35. The molecule has 162 valence electrons. The third kappa shape index (κ3) is 6.03. The third-order valence-electron chi connectivity index (χ3n) is 4.90. The zero-order chi connectivity index (χ0) is 22.0. The van der Waals surface area contributed by atoms with Crippen LogP contribution < -0.4 is 4.74 Å². The van der Waals surface area contributed by atoms with Crippen LogP contribution >= 0.6 is 85.1 Å². The molecular formula is C22H18BrI2NO3S2. The standard InChI is InChI=1S/C22H18BrI2NO3S2/c23-15-5-3-13(4-6-15)12-29-20-17(24)8-14(9-18(20)25)10-19-21(27)26(22(30)31-19)11-16-2-1-7-28-16/h3-6,8-10,16H,1-2,7,11-12H2/b19-10-/t16-/m0/s1. The molecule has 2 heterocycles. The Morgan fingerprint density at radius 2 is 1.97 bits per heavy atom. The molecule has 9 heteroatoms. The second-order valence-electron chi connectivity index (χ2n) is 7.16. The van der Waals surface area contributed by atoms with Crippen molar-refractivity contribution >= 4 is 101 Å². The first-order valence-corrected chi connectivity index (χ1v) is 13.8. The van der Waals surface area contributed by atoms with Crippen molar-refractivity contribution in [2.24, 2.45) is 0 Å². The van der Waals surface area contributed by atoms with E-state index in [2.05, 4.69) is 61.1 Å². The number of ether oxygens (including phenoxy) is 2. The van der Waals surface area contributed by atoms with Gasteiger partial charge in [0.15, 0.2) is 0 Å².